The van der Waals surface area contributed by atoms with Crippen LogP contribution in [0.1, 0.15) is 28.8 Å². The van der Waals surface area contributed by atoms with Crippen LogP contribution in [-0.4, -0.2) is 58.9 Å². The smallest absolute Gasteiger partial charge is 0.294 e. The first-order valence-corrected chi connectivity index (χ1v) is 12.8. The predicted molar refractivity (Wildman–Crippen MR) is 136 cm³/mol. The largest absolute Gasteiger partial charge is 0.354 e. The molecule has 11 heteroatoms. The zero-order valence-electron chi connectivity index (χ0n) is 19.1. The van der Waals surface area contributed by atoms with E-state index in [0.29, 0.717) is 54.4 Å². The number of likely N-dealkylation sites (tertiary alicyclic amines) is 1. The first-order chi connectivity index (χ1) is 17.2. The number of hydrogen-bond acceptors (Lipinski definition) is 5. The molecule has 1 N–H and O–H groups in total. The van der Waals surface area contributed by atoms with Gasteiger partial charge in [0.1, 0.15) is 12.4 Å². The lowest BCUT2D eigenvalue weighted by atomic mass is 10.0. The number of carbonyl (C=O) groups excluding carboxylic acids is 4. The number of benzene rings is 2. The number of hydrogen-bond donors (Lipinski definition) is 1. The van der Waals surface area contributed by atoms with Gasteiger partial charge < -0.3 is 10.2 Å². The number of halogens is 3. The zero-order chi connectivity index (χ0) is 25.8. The second kappa shape index (κ2) is 11.5. The number of piperidine rings is 1. The van der Waals surface area contributed by atoms with Crippen LogP contribution in [0.25, 0.3) is 0 Å². The standard InChI is InChI=1S/C25H22Cl2FN3O4S/c26-17-3-6-19(20(27)13-17)23(33)30-11-8-16(9-12-30)22-24(34)31(25(35)36-22)14-21(32)29-10-7-15-1-4-18(28)5-2-15/h1-6,13H,7-12,14H2,(H,29,32). The lowest BCUT2D eigenvalue weighted by Crippen LogP contribution is -2.40. The highest BCUT2D eigenvalue weighted by Crippen LogP contribution is 2.36. The molecule has 4 rings (SSSR count). The van der Waals surface area contributed by atoms with Crippen LogP contribution in [-0.2, 0) is 16.0 Å². The van der Waals surface area contributed by atoms with E-state index in [-0.39, 0.29) is 23.3 Å². The Kier molecular flexibility index (Phi) is 8.33. The molecule has 0 radical (unpaired) electrons. The predicted octanol–water partition coefficient (Wildman–Crippen LogP) is 4.68. The van der Waals surface area contributed by atoms with Crippen molar-refractivity contribution in [1.29, 1.82) is 0 Å². The first kappa shape index (κ1) is 26.2. The van der Waals surface area contributed by atoms with E-state index < -0.39 is 17.1 Å². The molecule has 36 heavy (non-hydrogen) atoms. The highest BCUT2D eigenvalue weighted by Gasteiger charge is 2.39. The quantitative estimate of drug-likeness (QED) is 0.529. The summed E-state index contributed by atoms with van der Waals surface area (Å²) < 4.78 is 13.0. The average Bonchev–Trinajstić information content (AvgIpc) is 3.13. The number of amides is 4. The van der Waals surface area contributed by atoms with Crippen LogP contribution in [0, 0.1) is 5.82 Å². The molecule has 4 amide bonds. The lowest BCUT2D eigenvalue weighted by molar-refractivity contribution is -0.129. The highest BCUT2D eigenvalue weighted by molar-refractivity contribution is 8.18. The first-order valence-electron chi connectivity index (χ1n) is 11.2. The van der Waals surface area contributed by atoms with E-state index in [2.05, 4.69) is 5.32 Å². The summed E-state index contributed by atoms with van der Waals surface area (Å²) in [7, 11) is 0. The van der Waals surface area contributed by atoms with E-state index >= 15 is 0 Å². The molecule has 2 aliphatic heterocycles. The van der Waals surface area contributed by atoms with Gasteiger partial charge in [0.25, 0.3) is 17.1 Å². The van der Waals surface area contributed by atoms with Crippen molar-refractivity contribution < 1.29 is 23.6 Å². The third-order valence-corrected chi connectivity index (χ3v) is 7.55. The van der Waals surface area contributed by atoms with Gasteiger partial charge in [0.05, 0.1) is 15.5 Å². The monoisotopic (exact) mass is 549 g/mol. The normalized spacial score (nSPS) is 16.1. The molecular weight excluding hydrogens is 528 g/mol. The fraction of sp³-hybridized carbons (Fsp3) is 0.280. The van der Waals surface area contributed by atoms with Gasteiger partial charge in [-0.25, -0.2) is 4.39 Å². The van der Waals surface area contributed by atoms with E-state index in [1.165, 1.54) is 18.2 Å². The van der Waals surface area contributed by atoms with Crippen molar-refractivity contribution in [2.75, 3.05) is 26.2 Å². The molecule has 0 unspecified atom stereocenters. The molecule has 2 fully saturated rings. The van der Waals surface area contributed by atoms with Gasteiger partial charge in [-0.3, -0.25) is 24.1 Å². The maximum atomic E-state index is 13.0. The summed E-state index contributed by atoms with van der Waals surface area (Å²) in [4.78, 5) is 53.4. The van der Waals surface area contributed by atoms with Gasteiger partial charge in [-0.1, -0.05) is 35.3 Å². The fourth-order valence-corrected chi connectivity index (χ4v) is 5.46. The molecule has 2 aromatic carbocycles. The van der Waals surface area contributed by atoms with Gasteiger partial charge in [0.2, 0.25) is 5.91 Å². The summed E-state index contributed by atoms with van der Waals surface area (Å²) in [6.07, 6.45) is 1.38. The Morgan fingerprint density at radius 1 is 1.03 bits per heavy atom. The topological polar surface area (TPSA) is 86.8 Å². The molecule has 0 spiro atoms. The van der Waals surface area contributed by atoms with Crippen molar-refractivity contribution in [2.45, 2.75) is 19.3 Å². The van der Waals surface area contributed by atoms with Crippen LogP contribution in [0.2, 0.25) is 10.0 Å². The number of imide groups is 1. The maximum Gasteiger partial charge on any atom is 0.294 e. The van der Waals surface area contributed by atoms with Crippen LogP contribution < -0.4 is 5.32 Å². The summed E-state index contributed by atoms with van der Waals surface area (Å²) in [6, 6.07) is 10.7. The van der Waals surface area contributed by atoms with Crippen LogP contribution in [0.5, 0.6) is 0 Å². The third-order valence-electron chi connectivity index (χ3n) is 5.94. The van der Waals surface area contributed by atoms with Gasteiger partial charge >= 0.3 is 0 Å². The summed E-state index contributed by atoms with van der Waals surface area (Å²) in [5, 5.41) is 2.90. The molecule has 188 valence electrons. The Balaban J connectivity index is 1.31. The average molecular weight is 550 g/mol. The summed E-state index contributed by atoms with van der Waals surface area (Å²) in [5.74, 6) is -1.50. The van der Waals surface area contributed by atoms with Crippen LogP contribution in [0.3, 0.4) is 0 Å². The van der Waals surface area contributed by atoms with Gasteiger partial charge in [-0.2, -0.15) is 0 Å². The highest BCUT2D eigenvalue weighted by atomic mass is 35.5. The number of nitrogens with zero attached hydrogens (tertiary/aromatic N) is 2. The summed E-state index contributed by atoms with van der Waals surface area (Å²) in [6.45, 7) is 0.679. The minimum absolute atomic E-state index is 0.221. The molecule has 2 aliphatic rings. The number of nitrogens with one attached hydrogen (secondary N) is 1. The Labute approximate surface area is 221 Å². The van der Waals surface area contributed by atoms with Gasteiger partial charge in [-0.15, -0.1) is 0 Å². The van der Waals surface area contributed by atoms with Gasteiger partial charge in [0.15, 0.2) is 0 Å². The second-order valence-electron chi connectivity index (χ2n) is 8.33. The maximum absolute atomic E-state index is 13.0. The summed E-state index contributed by atoms with van der Waals surface area (Å²) >= 11 is 12.9. The number of rotatable bonds is 6. The van der Waals surface area contributed by atoms with Crippen molar-refractivity contribution >= 4 is 57.9 Å². The minimum Gasteiger partial charge on any atom is -0.354 e. The molecule has 2 heterocycles. The third kappa shape index (κ3) is 6.08. The molecule has 0 bridgehead atoms. The van der Waals surface area contributed by atoms with E-state index in [9.17, 15) is 23.6 Å². The molecular formula is C25H22Cl2FN3O4S. The van der Waals surface area contributed by atoms with Gasteiger partial charge in [0, 0.05) is 24.7 Å². The second-order valence-corrected chi connectivity index (χ2v) is 10.1. The van der Waals surface area contributed by atoms with Crippen LogP contribution >= 0.6 is 35.0 Å². The molecule has 2 aromatic rings. The lowest BCUT2D eigenvalue weighted by Gasteiger charge is -2.29. The van der Waals surface area contributed by atoms with E-state index in [4.69, 9.17) is 23.2 Å². The van der Waals surface area contributed by atoms with E-state index in [0.717, 1.165) is 27.8 Å². The van der Waals surface area contributed by atoms with Crippen molar-refractivity contribution in [3.63, 3.8) is 0 Å². The van der Waals surface area contributed by atoms with E-state index in [1.807, 2.05) is 0 Å². The fourth-order valence-electron chi connectivity index (χ4n) is 3.99. The van der Waals surface area contributed by atoms with Crippen molar-refractivity contribution in [2.24, 2.45) is 0 Å². The number of carbonyl (C=O) groups is 4. The zero-order valence-corrected chi connectivity index (χ0v) is 21.4. The summed E-state index contributed by atoms with van der Waals surface area (Å²) in [5.41, 5.74) is 2.01. The van der Waals surface area contributed by atoms with Crippen LogP contribution in [0.15, 0.2) is 52.9 Å². The van der Waals surface area contributed by atoms with Gasteiger partial charge in [-0.05, 0) is 72.5 Å². The molecule has 0 atom stereocenters. The Morgan fingerprint density at radius 3 is 2.39 bits per heavy atom. The van der Waals surface area contributed by atoms with Crippen molar-refractivity contribution in [1.82, 2.24) is 15.1 Å². The van der Waals surface area contributed by atoms with E-state index in [1.54, 1.807) is 29.2 Å². The molecule has 0 saturated carbocycles. The molecule has 7 nitrogen and oxygen atoms in total. The molecule has 2 saturated heterocycles. The molecule has 0 aliphatic carbocycles. The Hall–Kier alpha value is -2.88. The van der Waals surface area contributed by atoms with Crippen molar-refractivity contribution in [3.8, 4) is 0 Å². The SMILES string of the molecule is O=C(CN1C(=O)SC(=C2CCN(C(=O)c3ccc(Cl)cc3Cl)CC2)C1=O)NCCc1ccc(F)cc1. The molecule has 0 aromatic heterocycles. The van der Waals surface area contributed by atoms with Crippen molar-refractivity contribution in [3.05, 3.63) is 79.9 Å². The number of thioether (sulfide) groups is 1. The minimum atomic E-state index is -0.498. The Morgan fingerprint density at radius 2 is 1.72 bits per heavy atom. The Bertz CT molecular complexity index is 1240. The van der Waals surface area contributed by atoms with Crippen LogP contribution in [0.4, 0.5) is 9.18 Å².